The van der Waals surface area contributed by atoms with Gasteiger partial charge in [-0.05, 0) is 26.5 Å². The first-order valence-corrected chi connectivity index (χ1v) is 6.27. The van der Waals surface area contributed by atoms with Crippen molar-refractivity contribution in [3.63, 3.8) is 0 Å². The summed E-state index contributed by atoms with van der Waals surface area (Å²) in [5, 5.41) is 4.10. The predicted octanol–water partition coefficient (Wildman–Crippen LogP) is 0.811. The number of amides is 1. The Hall–Kier alpha value is -1.14. The third kappa shape index (κ3) is 3.98. The van der Waals surface area contributed by atoms with Gasteiger partial charge < -0.3 is 11.1 Å². The molecule has 0 aliphatic carbocycles. The fourth-order valence-electron chi connectivity index (χ4n) is 1.50. The van der Waals surface area contributed by atoms with Gasteiger partial charge in [0.2, 0.25) is 5.91 Å². The molecule has 2 atom stereocenters. The molecule has 0 aliphatic heterocycles. The molecular formula is C11H18N4OS. The molecule has 0 saturated carbocycles. The number of carbonyl (C=O) groups is 1. The number of nitrogens with one attached hydrogen (secondary N) is 1. The van der Waals surface area contributed by atoms with E-state index in [1.165, 1.54) is 6.33 Å². The largest absolute Gasteiger partial charge is 0.368 e. The van der Waals surface area contributed by atoms with Gasteiger partial charge in [-0.1, -0.05) is 6.92 Å². The number of carbonyl (C=O) groups excluding carboxylic acids is 1. The summed E-state index contributed by atoms with van der Waals surface area (Å²) in [6, 6.07) is 1.85. The molecule has 5 nitrogen and oxygen atoms in total. The zero-order valence-electron chi connectivity index (χ0n) is 10.3. The molecule has 0 saturated heterocycles. The standard InChI is InChI=1S/C11H18N4OS/c1-8(6-11(2,13-3)10(12)16)17-9-4-5-14-7-15-9/h4-5,7-8,13H,6H2,1-3H3,(H2,12,16). The highest BCUT2D eigenvalue weighted by atomic mass is 32.2. The normalized spacial score (nSPS) is 16.2. The molecule has 1 aromatic rings. The summed E-state index contributed by atoms with van der Waals surface area (Å²) in [5.41, 5.74) is 4.71. The Kier molecular flexibility index (Phi) is 4.89. The Labute approximate surface area is 106 Å². The lowest BCUT2D eigenvalue weighted by molar-refractivity contribution is -0.123. The summed E-state index contributed by atoms with van der Waals surface area (Å²) in [6.45, 7) is 3.86. The Balaban J connectivity index is 2.60. The van der Waals surface area contributed by atoms with E-state index in [9.17, 15) is 4.79 Å². The van der Waals surface area contributed by atoms with E-state index in [1.54, 1.807) is 25.0 Å². The molecule has 0 aliphatic rings. The molecule has 6 heteroatoms. The van der Waals surface area contributed by atoms with Gasteiger partial charge in [0.1, 0.15) is 6.33 Å². The van der Waals surface area contributed by atoms with Gasteiger partial charge in [0.25, 0.3) is 0 Å². The minimum Gasteiger partial charge on any atom is -0.368 e. The topological polar surface area (TPSA) is 80.9 Å². The fourth-order valence-corrected chi connectivity index (χ4v) is 2.57. The van der Waals surface area contributed by atoms with Crippen molar-refractivity contribution >= 4 is 17.7 Å². The van der Waals surface area contributed by atoms with Crippen molar-refractivity contribution in [2.24, 2.45) is 5.73 Å². The van der Waals surface area contributed by atoms with Crippen LogP contribution in [0, 0.1) is 0 Å². The Bertz CT molecular complexity index is 373. The van der Waals surface area contributed by atoms with Crippen LogP contribution in [-0.4, -0.2) is 33.7 Å². The van der Waals surface area contributed by atoms with Crippen LogP contribution >= 0.6 is 11.8 Å². The minimum atomic E-state index is -0.681. The molecule has 1 amide bonds. The molecule has 0 spiro atoms. The maximum Gasteiger partial charge on any atom is 0.237 e. The van der Waals surface area contributed by atoms with Gasteiger partial charge in [-0.2, -0.15) is 0 Å². The molecule has 1 aromatic heterocycles. The lowest BCUT2D eigenvalue weighted by Crippen LogP contribution is -2.52. The number of primary amides is 1. The molecule has 0 fully saturated rings. The van der Waals surface area contributed by atoms with Gasteiger partial charge in [-0.3, -0.25) is 4.79 Å². The first kappa shape index (κ1) is 13.9. The summed E-state index contributed by atoms with van der Waals surface area (Å²) in [6.07, 6.45) is 3.86. The van der Waals surface area contributed by atoms with Crippen LogP contribution in [0.25, 0.3) is 0 Å². The second kappa shape index (κ2) is 5.97. The number of likely N-dealkylation sites (N-methyl/N-ethyl adjacent to an activating group) is 1. The maximum absolute atomic E-state index is 11.4. The van der Waals surface area contributed by atoms with Crippen molar-refractivity contribution < 1.29 is 4.79 Å². The van der Waals surface area contributed by atoms with Gasteiger partial charge in [0, 0.05) is 11.4 Å². The average Bonchev–Trinajstić information content (AvgIpc) is 2.29. The van der Waals surface area contributed by atoms with Crippen molar-refractivity contribution in [2.75, 3.05) is 7.05 Å². The molecule has 2 unspecified atom stereocenters. The van der Waals surface area contributed by atoms with Gasteiger partial charge in [-0.15, -0.1) is 11.8 Å². The van der Waals surface area contributed by atoms with Crippen LogP contribution in [0.15, 0.2) is 23.6 Å². The second-order valence-electron chi connectivity index (χ2n) is 4.13. The lowest BCUT2D eigenvalue weighted by atomic mass is 9.95. The van der Waals surface area contributed by atoms with Crippen molar-refractivity contribution in [2.45, 2.75) is 36.1 Å². The number of nitrogens with zero attached hydrogens (tertiary/aromatic N) is 2. The summed E-state index contributed by atoms with van der Waals surface area (Å²) >= 11 is 1.60. The van der Waals surface area contributed by atoms with Crippen molar-refractivity contribution in [3.05, 3.63) is 18.6 Å². The van der Waals surface area contributed by atoms with Crippen LogP contribution in [0.5, 0.6) is 0 Å². The summed E-state index contributed by atoms with van der Waals surface area (Å²) < 4.78 is 0. The number of nitrogens with two attached hydrogens (primary N) is 1. The zero-order chi connectivity index (χ0) is 12.9. The van der Waals surface area contributed by atoms with Gasteiger partial charge in [0.15, 0.2) is 0 Å². The van der Waals surface area contributed by atoms with E-state index < -0.39 is 5.54 Å². The van der Waals surface area contributed by atoms with Crippen molar-refractivity contribution in [1.29, 1.82) is 0 Å². The third-order valence-corrected chi connectivity index (χ3v) is 3.72. The van der Waals surface area contributed by atoms with E-state index in [1.807, 2.05) is 19.9 Å². The highest BCUT2D eigenvalue weighted by Gasteiger charge is 2.31. The second-order valence-corrected chi connectivity index (χ2v) is 5.59. The average molecular weight is 254 g/mol. The van der Waals surface area contributed by atoms with Crippen LogP contribution in [-0.2, 0) is 4.79 Å². The Morgan fingerprint density at radius 2 is 2.41 bits per heavy atom. The molecule has 17 heavy (non-hydrogen) atoms. The number of aromatic nitrogens is 2. The third-order valence-electron chi connectivity index (χ3n) is 2.67. The summed E-state index contributed by atoms with van der Waals surface area (Å²) in [5.74, 6) is -0.338. The molecule has 0 aromatic carbocycles. The van der Waals surface area contributed by atoms with E-state index in [2.05, 4.69) is 15.3 Å². The van der Waals surface area contributed by atoms with E-state index >= 15 is 0 Å². The Morgan fingerprint density at radius 1 is 1.71 bits per heavy atom. The van der Waals surface area contributed by atoms with Crippen molar-refractivity contribution in [1.82, 2.24) is 15.3 Å². The fraction of sp³-hybridized carbons (Fsp3) is 0.545. The van der Waals surface area contributed by atoms with Crippen LogP contribution in [0.1, 0.15) is 20.3 Å². The van der Waals surface area contributed by atoms with Gasteiger partial charge in [-0.25, -0.2) is 9.97 Å². The predicted molar refractivity (Wildman–Crippen MR) is 68.6 cm³/mol. The SMILES string of the molecule is CNC(C)(CC(C)Sc1ccncn1)C(N)=O. The molecule has 3 N–H and O–H groups in total. The zero-order valence-corrected chi connectivity index (χ0v) is 11.1. The highest BCUT2D eigenvalue weighted by molar-refractivity contribution is 7.99. The van der Waals surface area contributed by atoms with Crippen LogP contribution in [0.2, 0.25) is 0 Å². The molecule has 1 heterocycles. The summed E-state index contributed by atoms with van der Waals surface area (Å²) in [4.78, 5) is 19.4. The summed E-state index contributed by atoms with van der Waals surface area (Å²) in [7, 11) is 1.74. The molecule has 0 bridgehead atoms. The minimum absolute atomic E-state index is 0.231. The monoisotopic (exact) mass is 254 g/mol. The lowest BCUT2D eigenvalue weighted by Gasteiger charge is -2.28. The van der Waals surface area contributed by atoms with E-state index in [0.29, 0.717) is 6.42 Å². The first-order chi connectivity index (χ1) is 7.98. The van der Waals surface area contributed by atoms with E-state index in [0.717, 1.165) is 5.03 Å². The van der Waals surface area contributed by atoms with Crippen molar-refractivity contribution in [3.8, 4) is 0 Å². The highest BCUT2D eigenvalue weighted by Crippen LogP contribution is 2.26. The number of hydrogen-bond acceptors (Lipinski definition) is 5. The van der Waals surface area contributed by atoms with Gasteiger partial charge >= 0.3 is 0 Å². The van der Waals surface area contributed by atoms with Crippen LogP contribution in [0.3, 0.4) is 0 Å². The first-order valence-electron chi connectivity index (χ1n) is 5.39. The molecular weight excluding hydrogens is 236 g/mol. The molecule has 0 radical (unpaired) electrons. The van der Waals surface area contributed by atoms with E-state index in [4.69, 9.17) is 5.73 Å². The van der Waals surface area contributed by atoms with Crippen LogP contribution < -0.4 is 11.1 Å². The quantitative estimate of drug-likeness (QED) is 0.580. The van der Waals surface area contributed by atoms with E-state index in [-0.39, 0.29) is 11.2 Å². The van der Waals surface area contributed by atoms with Gasteiger partial charge in [0.05, 0.1) is 10.6 Å². The smallest absolute Gasteiger partial charge is 0.237 e. The van der Waals surface area contributed by atoms with Crippen LogP contribution in [0.4, 0.5) is 0 Å². The number of hydrogen-bond donors (Lipinski definition) is 2. The Morgan fingerprint density at radius 3 is 2.88 bits per heavy atom. The molecule has 1 rings (SSSR count). The number of rotatable bonds is 6. The maximum atomic E-state index is 11.4. The number of thioether (sulfide) groups is 1. The molecule has 94 valence electrons.